The minimum absolute atomic E-state index is 0.160. The lowest BCUT2D eigenvalue weighted by Gasteiger charge is -2.46. The van der Waals surface area contributed by atoms with Gasteiger partial charge in [-0.15, -0.1) is 0 Å². The van der Waals surface area contributed by atoms with E-state index in [0.29, 0.717) is 23.5 Å². The van der Waals surface area contributed by atoms with Gasteiger partial charge in [0, 0.05) is 19.2 Å². The minimum Gasteiger partial charge on any atom is -0.496 e. The van der Waals surface area contributed by atoms with E-state index in [1.54, 1.807) is 14.2 Å². The molecule has 2 aliphatic heterocycles. The summed E-state index contributed by atoms with van der Waals surface area (Å²) in [6.45, 7) is 8.46. The molecule has 10 nitrogen and oxygen atoms in total. The fraction of sp³-hybridized carbons (Fsp3) is 0.621. The highest BCUT2D eigenvalue weighted by Gasteiger charge is 2.36. The van der Waals surface area contributed by atoms with Crippen molar-refractivity contribution in [2.45, 2.75) is 58.5 Å². The Labute approximate surface area is 232 Å². The first kappa shape index (κ1) is 28.9. The highest BCUT2D eigenvalue weighted by molar-refractivity contribution is 5.85. The Hall–Kier alpha value is -3.11. The monoisotopic (exact) mass is 539 g/mol. The number of nitrogens with zero attached hydrogens (tertiary/aromatic N) is 5. The van der Waals surface area contributed by atoms with E-state index in [0.717, 1.165) is 50.2 Å². The molecule has 0 saturated carbocycles. The summed E-state index contributed by atoms with van der Waals surface area (Å²) in [5, 5.41) is 3.02. The van der Waals surface area contributed by atoms with Crippen molar-refractivity contribution in [3.05, 3.63) is 29.3 Å². The van der Waals surface area contributed by atoms with E-state index < -0.39 is 0 Å². The Kier molecular flexibility index (Phi) is 9.85. The van der Waals surface area contributed by atoms with Gasteiger partial charge in [-0.2, -0.15) is 9.97 Å². The lowest BCUT2D eigenvalue weighted by atomic mass is 9.71. The number of rotatable bonds is 12. The summed E-state index contributed by atoms with van der Waals surface area (Å²) >= 11 is 0. The van der Waals surface area contributed by atoms with E-state index in [2.05, 4.69) is 51.2 Å². The van der Waals surface area contributed by atoms with Gasteiger partial charge in [0.2, 0.25) is 6.41 Å². The number of piperidine rings is 2. The van der Waals surface area contributed by atoms with Crippen molar-refractivity contribution >= 4 is 23.7 Å². The topological polar surface area (TPSA) is 109 Å². The molecule has 0 bridgehead atoms. The fourth-order valence-corrected chi connectivity index (χ4v) is 5.67. The number of anilines is 3. The SMILES string of the molecule is CCCCOc1nc(N)c(NC)c(N(C=O)Cc2ccc(CN3CCC4(CCN(C)CC4)CC3)cc2OC)n1. The van der Waals surface area contributed by atoms with Gasteiger partial charge in [0.15, 0.2) is 11.6 Å². The molecule has 2 fully saturated rings. The normalized spacial score (nSPS) is 17.6. The molecule has 1 amide bonds. The molecule has 2 saturated heterocycles. The Morgan fingerprint density at radius 2 is 1.87 bits per heavy atom. The van der Waals surface area contributed by atoms with Gasteiger partial charge in [0.25, 0.3) is 0 Å². The molecule has 214 valence electrons. The van der Waals surface area contributed by atoms with Crippen LogP contribution < -0.4 is 25.4 Å². The Morgan fingerprint density at radius 3 is 2.51 bits per heavy atom. The van der Waals surface area contributed by atoms with E-state index in [4.69, 9.17) is 15.2 Å². The van der Waals surface area contributed by atoms with Gasteiger partial charge >= 0.3 is 6.01 Å². The second-order valence-corrected chi connectivity index (χ2v) is 11.0. The highest BCUT2D eigenvalue weighted by Crippen LogP contribution is 2.41. The number of nitrogen functional groups attached to an aromatic ring is 1. The van der Waals surface area contributed by atoms with Gasteiger partial charge in [0.05, 0.1) is 20.3 Å². The lowest BCUT2D eigenvalue weighted by molar-refractivity contribution is -0.107. The van der Waals surface area contributed by atoms with Crippen LogP contribution in [0.4, 0.5) is 17.3 Å². The largest absolute Gasteiger partial charge is 0.496 e. The molecule has 2 aliphatic rings. The van der Waals surface area contributed by atoms with Gasteiger partial charge < -0.3 is 25.4 Å². The first-order valence-electron chi connectivity index (χ1n) is 14.2. The third-order valence-corrected chi connectivity index (χ3v) is 8.34. The van der Waals surface area contributed by atoms with Crippen molar-refractivity contribution in [3.8, 4) is 11.8 Å². The van der Waals surface area contributed by atoms with Gasteiger partial charge in [0.1, 0.15) is 11.4 Å². The van der Waals surface area contributed by atoms with E-state index in [1.807, 2.05) is 6.07 Å². The average Bonchev–Trinajstić information content (AvgIpc) is 2.95. The van der Waals surface area contributed by atoms with Crippen LogP contribution in [0.5, 0.6) is 11.8 Å². The third kappa shape index (κ3) is 7.10. The number of methoxy groups -OCH3 is 1. The van der Waals surface area contributed by atoms with Gasteiger partial charge in [-0.05, 0) is 82.4 Å². The molecule has 3 heterocycles. The summed E-state index contributed by atoms with van der Waals surface area (Å²) in [7, 11) is 5.62. The number of ether oxygens (including phenoxy) is 2. The zero-order chi connectivity index (χ0) is 27.8. The van der Waals surface area contributed by atoms with Crippen LogP contribution in [-0.2, 0) is 17.9 Å². The van der Waals surface area contributed by atoms with E-state index in [-0.39, 0.29) is 18.4 Å². The van der Waals surface area contributed by atoms with Crippen LogP contribution in [-0.4, -0.2) is 80.2 Å². The maximum absolute atomic E-state index is 12.2. The van der Waals surface area contributed by atoms with Crippen LogP contribution in [0.15, 0.2) is 18.2 Å². The van der Waals surface area contributed by atoms with Crippen LogP contribution in [0.25, 0.3) is 0 Å². The number of benzene rings is 1. The number of carbonyl (C=O) groups excluding carboxylic acids is 1. The number of hydrogen-bond donors (Lipinski definition) is 2. The molecular weight excluding hydrogens is 494 g/mol. The smallest absolute Gasteiger partial charge is 0.320 e. The zero-order valence-electron chi connectivity index (χ0n) is 24.0. The average molecular weight is 540 g/mol. The maximum Gasteiger partial charge on any atom is 0.320 e. The van der Waals surface area contributed by atoms with Gasteiger partial charge in [-0.25, -0.2) is 0 Å². The highest BCUT2D eigenvalue weighted by atomic mass is 16.5. The summed E-state index contributed by atoms with van der Waals surface area (Å²) in [6.07, 6.45) is 7.83. The number of nitrogens with two attached hydrogens (primary N) is 1. The number of unbranched alkanes of at least 4 members (excludes halogenated alkanes) is 1. The second kappa shape index (κ2) is 13.3. The summed E-state index contributed by atoms with van der Waals surface area (Å²) in [5.41, 5.74) is 9.28. The zero-order valence-corrected chi connectivity index (χ0v) is 24.0. The van der Waals surface area contributed by atoms with Crippen molar-refractivity contribution in [2.75, 3.05) is 69.9 Å². The lowest BCUT2D eigenvalue weighted by Crippen LogP contribution is -2.45. The fourth-order valence-electron chi connectivity index (χ4n) is 5.67. The number of aromatic nitrogens is 2. The molecule has 2 aromatic rings. The number of likely N-dealkylation sites (tertiary alicyclic amines) is 2. The summed E-state index contributed by atoms with van der Waals surface area (Å²) in [4.78, 5) is 27.5. The van der Waals surface area contributed by atoms with E-state index in [9.17, 15) is 4.79 Å². The van der Waals surface area contributed by atoms with Crippen LogP contribution in [0.1, 0.15) is 56.6 Å². The van der Waals surface area contributed by atoms with Gasteiger partial charge in [-0.1, -0.05) is 25.5 Å². The number of hydrogen-bond acceptors (Lipinski definition) is 9. The van der Waals surface area contributed by atoms with Crippen molar-refractivity contribution in [1.29, 1.82) is 0 Å². The molecular formula is C29H45N7O3. The Morgan fingerprint density at radius 1 is 1.15 bits per heavy atom. The summed E-state index contributed by atoms with van der Waals surface area (Å²) in [5.74, 6) is 1.34. The first-order chi connectivity index (χ1) is 18.9. The van der Waals surface area contributed by atoms with Crippen molar-refractivity contribution in [2.24, 2.45) is 5.41 Å². The molecule has 39 heavy (non-hydrogen) atoms. The van der Waals surface area contributed by atoms with Gasteiger partial charge in [-0.3, -0.25) is 14.6 Å². The first-order valence-corrected chi connectivity index (χ1v) is 14.2. The minimum atomic E-state index is 0.160. The number of carbonyl (C=O) groups is 1. The molecule has 1 spiro atoms. The Balaban J connectivity index is 1.44. The van der Waals surface area contributed by atoms with Crippen molar-refractivity contribution in [1.82, 2.24) is 19.8 Å². The molecule has 0 radical (unpaired) electrons. The standard InChI is InChI=1S/C29H45N7O3/c1-5-6-17-39-28-32-26(30)25(31-2)27(33-28)36(21-37)20-23-8-7-22(18-24(23)38-4)19-35-15-11-29(12-16-35)9-13-34(3)14-10-29/h7-8,18,21,31H,5-6,9-17,19-20H2,1-4H3,(H2,30,32,33). The second-order valence-electron chi connectivity index (χ2n) is 11.0. The van der Waals surface area contributed by atoms with Crippen LogP contribution in [0, 0.1) is 5.41 Å². The number of amides is 1. The molecule has 0 aliphatic carbocycles. The van der Waals surface area contributed by atoms with E-state index >= 15 is 0 Å². The molecule has 3 N–H and O–H groups in total. The molecule has 4 rings (SSSR count). The van der Waals surface area contributed by atoms with Crippen molar-refractivity contribution < 1.29 is 14.3 Å². The molecule has 0 unspecified atom stereocenters. The van der Waals surface area contributed by atoms with E-state index in [1.165, 1.54) is 49.2 Å². The predicted molar refractivity (Wildman–Crippen MR) is 155 cm³/mol. The summed E-state index contributed by atoms with van der Waals surface area (Å²) < 4.78 is 11.4. The van der Waals surface area contributed by atoms with Crippen LogP contribution >= 0.6 is 0 Å². The third-order valence-electron chi connectivity index (χ3n) is 8.34. The maximum atomic E-state index is 12.2. The molecule has 1 aromatic carbocycles. The number of nitrogens with one attached hydrogen (secondary N) is 1. The Bertz CT molecular complexity index is 1090. The quantitative estimate of drug-likeness (QED) is 0.308. The van der Waals surface area contributed by atoms with Crippen LogP contribution in [0.3, 0.4) is 0 Å². The molecule has 10 heteroatoms. The van der Waals surface area contributed by atoms with Crippen molar-refractivity contribution in [3.63, 3.8) is 0 Å². The van der Waals surface area contributed by atoms with Crippen LogP contribution in [0.2, 0.25) is 0 Å². The molecule has 0 atom stereocenters. The summed E-state index contributed by atoms with van der Waals surface area (Å²) in [6, 6.07) is 6.42. The predicted octanol–water partition coefficient (Wildman–Crippen LogP) is 3.76. The molecule has 1 aromatic heterocycles.